The van der Waals surface area contributed by atoms with Crippen molar-refractivity contribution >= 4 is 11.6 Å². The van der Waals surface area contributed by atoms with Gasteiger partial charge in [0.1, 0.15) is 0 Å². The minimum atomic E-state index is -4.34. The van der Waals surface area contributed by atoms with Crippen LogP contribution >= 0.6 is 11.6 Å². The van der Waals surface area contributed by atoms with Gasteiger partial charge in [-0.2, -0.15) is 18.4 Å². The van der Waals surface area contributed by atoms with Gasteiger partial charge in [-0.25, -0.2) is 0 Å². The van der Waals surface area contributed by atoms with E-state index in [-0.39, 0.29) is 0 Å². The maximum atomic E-state index is 12.1. The van der Waals surface area contributed by atoms with Crippen molar-refractivity contribution in [3.63, 3.8) is 0 Å². The van der Waals surface area contributed by atoms with Crippen molar-refractivity contribution in [2.75, 3.05) is 0 Å². The summed E-state index contributed by atoms with van der Waals surface area (Å²) in [6.07, 6.45) is -5.49. The van der Waals surface area contributed by atoms with Crippen LogP contribution in [0.1, 0.15) is 17.9 Å². The average molecular weight is 234 g/mol. The lowest BCUT2D eigenvalue weighted by atomic mass is 9.97. The molecule has 0 bridgehead atoms. The van der Waals surface area contributed by atoms with Crippen LogP contribution in [0.15, 0.2) is 24.3 Å². The van der Waals surface area contributed by atoms with E-state index in [1.165, 1.54) is 18.2 Å². The fourth-order valence-corrected chi connectivity index (χ4v) is 1.39. The Bertz CT molecular complexity index is 381. The van der Waals surface area contributed by atoms with Gasteiger partial charge < -0.3 is 0 Å². The predicted octanol–water partition coefficient (Wildman–Crippen LogP) is 3.90. The van der Waals surface area contributed by atoms with Crippen LogP contribution in [0.2, 0.25) is 5.02 Å². The van der Waals surface area contributed by atoms with Gasteiger partial charge in [-0.15, -0.1) is 0 Å². The maximum absolute atomic E-state index is 12.1. The summed E-state index contributed by atoms with van der Waals surface area (Å²) < 4.78 is 36.3. The minimum Gasteiger partial charge on any atom is -0.198 e. The summed E-state index contributed by atoms with van der Waals surface area (Å²) in [5, 5.41) is 8.97. The molecule has 80 valence electrons. The van der Waals surface area contributed by atoms with Crippen LogP contribution in [0.25, 0.3) is 0 Å². The number of alkyl halides is 3. The van der Waals surface area contributed by atoms with E-state index in [9.17, 15) is 13.2 Å². The largest absolute Gasteiger partial charge is 0.390 e. The van der Waals surface area contributed by atoms with E-state index in [4.69, 9.17) is 16.9 Å². The predicted molar refractivity (Wildman–Crippen MR) is 50.5 cm³/mol. The molecule has 5 heteroatoms. The smallest absolute Gasteiger partial charge is 0.198 e. The number of nitrogens with zero attached hydrogens (tertiary/aromatic N) is 1. The van der Waals surface area contributed by atoms with Gasteiger partial charge >= 0.3 is 6.18 Å². The lowest BCUT2D eigenvalue weighted by Gasteiger charge is -2.12. The molecule has 0 heterocycles. The Kier molecular flexibility index (Phi) is 3.59. The molecule has 0 unspecified atom stereocenters. The zero-order chi connectivity index (χ0) is 11.5. The first-order valence-corrected chi connectivity index (χ1v) is 4.52. The highest BCUT2D eigenvalue weighted by atomic mass is 35.5. The molecule has 1 nitrogen and oxygen atoms in total. The minimum absolute atomic E-state index is 0.294. The summed E-state index contributed by atoms with van der Waals surface area (Å²) in [6.45, 7) is 0. The normalized spacial score (nSPS) is 13.3. The van der Waals surface area contributed by atoms with E-state index >= 15 is 0 Å². The first-order valence-electron chi connectivity index (χ1n) is 4.14. The Morgan fingerprint density at radius 2 is 2.07 bits per heavy atom. The van der Waals surface area contributed by atoms with Gasteiger partial charge in [0.25, 0.3) is 0 Å². The molecule has 0 aliphatic heterocycles. The van der Waals surface area contributed by atoms with E-state index in [0.717, 1.165) is 0 Å². The van der Waals surface area contributed by atoms with Gasteiger partial charge in [0.05, 0.1) is 18.4 Å². The molecule has 1 aromatic carbocycles. The Labute approximate surface area is 90.1 Å². The van der Waals surface area contributed by atoms with Crippen molar-refractivity contribution in [1.82, 2.24) is 0 Å². The number of hydrogen-bond acceptors (Lipinski definition) is 1. The summed E-state index contributed by atoms with van der Waals surface area (Å²) in [4.78, 5) is 0. The van der Waals surface area contributed by atoms with Crippen LogP contribution in [-0.4, -0.2) is 6.18 Å². The first-order chi connectivity index (χ1) is 6.92. The second-order valence-electron chi connectivity index (χ2n) is 3.06. The van der Waals surface area contributed by atoms with Gasteiger partial charge in [-0.3, -0.25) is 0 Å². The molecule has 0 spiro atoms. The molecule has 0 saturated heterocycles. The van der Waals surface area contributed by atoms with Crippen LogP contribution in [0.5, 0.6) is 0 Å². The third-order valence-electron chi connectivity index (χ3n) is 1.84. The Morgan fingerprint density at radius 3 is 2.53 bits per heavy atom. The monoisotopic (exact) mass is 233 g/mol. The van der Waals surface area contributed by atoms with Crippen molar-refractivity contribution in [3.05, 3.63) is 34.9 Å². The van der Waals surface area contributed by atoms with E-state index in [1.54, 1.807) is 12.1 Å². The van der Waals surface area contributed by atoms with Crippen molar-refractivity contribution in [2.45, 2.75) is 18.5 Å². The van der Waals surface area contributed by atoms with Gasteiger partial charge in [-0.05, 0) is 17.7 Å². The van der Waals surface area contributed by atoms with Crippen LogP contribution in [0, 0.1) is 11.3 Å². The molecule has 0 aliphatic rings. The molecule has 1 atom stereocenters. The standard InChI is InChI=1S/C10H7ClF3N/c11-9-3-1-2-7(4-9)8(6-15)5-10(12,13)14/h1-4,8H,5H2/t8-/m1/s1. The molecule has 0 aliphatic carbocycles. The molecule has 0 N–H and O–H groups in total. The second-order valence-corrected chi connectivity index (χ2v) is 3.49. The first kappa shape index (κ1) is 11.9. The Morgan fingerprint density at radius 1 is 1.40 bits per heavy atom. The van der Waals surface area contributed by atoms with E-state index in [1.807, 2.05) is 0 Å². The molecular weight excluding hydrogens is 227 g/mol. The zero-order valence-electron chi connectivity index (χ0n) is 7.55. The van der Waals surface area contributed by atoms with Crippen molar-refractivity contribution < 1.29 is 13.2 Å². The molecule has 1 aromatic rings. The van der Waals surface area contributed by atoms with Crippen LogP contribution in [0.3, 0.4) is 0 Å². The summed E-state index contributed by atoms with van der Waals surface area (Å²) in [5.41, 5.74) is 0.294. The topological polar surface area (TPSA) is 23.8 Å². The molecular formula is C10H7ClF3N. The molecule has 15 heavy (non-hydrogen) atoms. The second kappa shape index (κ2) is 4.54. The van der Waals surface area contributed by atoms with E-state index < -0.39 is 18.5 Å². The number of benzene rings is 1. The van der Waals surface area contributed by atoms with Gasteiger partial charge in [0, 0.05) is 5.02 Å². The van der Waals surface area contributed by atoms with Crippen molar-refractivity contribution in [2.24, 2.45) is 0 Å². The quantitative estimate of drug-likeness (QED) is 0.760. The summed E-state index contributed by atoms with van der Waals surface area (Å²) in [5.74, 6) is -1.19. The number of hydrogen-bond donors (Lipinski definition) is 0. The number of nitriles is 1. The Balaban J connectivity index is 2.90. The maximum Gasteiger partial charge on any atom is 0.390 e. The molecule has 1 rings (SSSR count). The SMILES string of the molecule is N#C[C@@H](CC(F)(F)F)c1cccc(Cl)c1. The lowest BCUT2D eigenvalue weighted by Crippen LogP contribution is -2.12. The van der Waals surface area contributed by atoms with E-state index in [2.05, 4.69) is 0 Å². The molecule has 0 saturated carbocycles. The summed E-state index contributed by atoms with van der Waals surface area (Å²) in [6, 6.07) is 7.54. The van der Waals surface area contributed by atoms with E-state index in [0.29, 0.717) is 10.6 Å². The van der Waals surface area contributed by atoms with Crippen LogP contribution in [0.4, 0.5) is 13.2 Å². The van der Waals surface area contributed by atoms with Gasteiger partial charge in [-0.1, -0.05) is 23.7 Å². The molecule has 0 fully saturated rings. The summed E-state index contributed by atoms with van der Waals surface area (Å²) >= 11 is 5.63. The van der Waals surface area contributed by atoms with Gasteiger partial charge in [0.2, 0.25) is 0 Å². The fourth-order valence-electron chi connectivity index (χ4n) is 1.19. The molecule has 0 amide bonds. The molecule has 0 aromatic heterocycles. The van der Waals surface area contributed by atoms with Gasteiger partial charge in [0.15, 0.2) is 0 Å². The van der Waals surface area contributed by atoms with Crippen LogP contribution in [-0.2, 0) is 0 Å². The zero-order valence-corrected chi connectivity index (χ0v) is 8.31. The number of rotatable bonds is 2. The third-order valence-corrected chi connectivity index (χ3v) is 2.08. The highest BCUT2D eigenvalue weighted by molar-refractivity contribution is 6.30. The van der Waals surface area contributed by atoms with Crippen LogP contribution < -0.4 is 0 Å². The summed E-state index contributed by atoms with van der Waals surface area (Å²) in [7, 11) is 0. The fraction of sp³-hybridized carbons (Fsp3) is 0.300. The van der Waals surface area contributed by atoms with Crippen molar-refractivity contribution in [3.8, 4) is 6.07 Å². The lowest BCUT2D eigenvalue weighted by molar-refractivity contribution is -0.136. The average Bonchev–Trinajstić information content (AvgIpc) is 2.13. The highest BCUT2D eigenvalue weighted by Gasteiger charge is 2.32. The highest BCUT2D eigenvalue weighted by Crippen LogP contribution is 2.31. The third kappa shape index (κ3) is 3.80. The van der Waals surface area contributed by atoms with Crippen molar-refractivity contribution in [1.29, 1.82) is 5.26 Å². The Hall–Kier alpha value is -1.21. The number of halogens is 4. The molecule has 0 radical (unpaired) electrons.